The van der Waals surface area contributed by atoms with Crippen LogP contribution in [0.25, 0.3) is 11.1 Å². The van der Waals surface area contributed by atoms with Gasteiger partial charge in [-0.25, -0.2) is 0 Å². The third-order valence-electron chi connectivity index (χ3n) is 5.75. The van der Waals surface area contributed by atoms with E-state index in [9.17, 15) is 0 Å². The molecular formula is C27H22. The van der Waals surface area contributed by atoms with Crippen molar-refractivity contribution < 1.29 is 0 Å². The van der Waals surface area contributed by atoms with E-state index in [0.29, 0.717) is 5.92 Å². The Morgan fingerprint density at radius 2 is 1.41 bits per heavy atom. The second-order valence-electron chi connectivity index (χ2n) is 7.30. The first-order chi connectivity index (χ1) is 13.4. The lowest BCUT2D eigenvalue weighted by atomic mass is 9.93. The molecule has 130 valence electrons. The van der Waals surface area contributed by atoms with E-state index in [1.165, 1.54) is 38.3 Å². The lowest BCUT2D eigenvalue weighted by Crippen LogP contribution is -2.28. The van der Waals surface area contributed by atoms with E-state index in [0.717, 1.165) is 12.8 Å². The lowest BCUT2D eigenvalue weighted by molar-refractivity contribution is 0.879. The SMILES string of the molecule is C1=CCC(=c2ccccc2=C2CC(c3ccccc3)c3ccccc32)C=C1. The smallest absolute Gasteiger partial charge is 0.0136 e. The third-order valence-corrected chi connectivity index (χ3v) is 5.75. The van der Waals surface area contributed by atoms with Crippen LogP contribution < -0.4 is 10.4 Å². The number of allylic oxidation sites excluding steroid dienone is 4. The molecule has 0 N–H and O–H groups in total. The molecule has 2 aliphatic rings. The molecule has 0 heterocycles. The highest BCUT2D eigenvalue weighted by molar-refractivity contribution is 5.76. The summed E-state index contributed by atoms with van der Waals surface area (Å²) >= 11 is 0. The first-order valence-corrected chi connectivity index (χ1v) is 9.71. The zero-order valence-corrected chi connectivity index (χ0v) is 15.3. The molecule has 0 radical (unpaired) electrons. The van der Waals surface area contributed by atoms with Gasteiger partial charge in [-0.3, -0.25) is 0 Å². The van der Waals surface area contributed by atoms with Crippen molar-refractivity contribution in [2.45, 2.75) is 18.8 Å². The van der Waals surface area contributed by atoms with Gasteiger partial charge in [0.25, 0.3) is 0 Å². The number of fused-ring (bicyclic) bond motifs is 1. The van der Waals surface area contributed by atoms with E-state index in [-0.39, 0.29) is 0 Å². The maximum atomic E-state index is 2.30. The molecule has 1 atom stereocenters. The largest absolute Gasteiger partial charge is 0.0801 e. The molecule has 0 heteroatoms. The highest BCUT2D eigenvalue weighted by Crippen LogP contribution is 2.43. The summed E-state index contributed by atoms with van der Waals surface area (Å²) in [5.41, 5.74) is 7.16. The summed E-state index contributed by atoms with van der Waals surface area (Å²) in [6.45, 7) is 0. The van der Waals surface area contributed by atoms with Crippen LogP contribution in [0.4, 0.5) is 0 Å². The molecule has 2 aliphatic carbocycles. The average Bonchev–Trinajstić information content (AvgIpc) is 3.15. The molecule has 0 bridgehead atoms. The van der Waals surface area contributed by atoms with Gasteiger partial charge in [0, 0.05) is 5.92 Å². The van der Waals surface area contributed by atoms with E-state index < -0.39 is 0 Å². The first kappa shape index (κ1) is 16.1. The number of hydrogen-bond donors (Lipinski definition) is 0. The molecule has 5 rings (SSSR count). The van der Waals surface area contributed by atoms with Gasteiger partial charge in [0.1, 0.15) is 0 Å². The molecule has 3 aromatic rings. The summed E-state index contributed by atoms with van der Waals surface area (Å²) in [6, 6.07) is 28.8. The van der Waals surface area contributed by atoms with Crippen molar-refractivity contribution in [3.8, 4) is 0 Å². The van der Waals surface area contributed by atoms with Crippen molar-refractivity contribution in [1.29, 1.82) is 0 Å². The highest BCUT2D eigenvalue weighted by atomic mass is 14.3. The van der Waals surface area contributed by atoms with Gasteiger partial charge in [0.2, 0.25) is 0 Å². The fourth-order valence-electron chi connectivity index (χ4n) is 4.48. The highest BCUT2D eigenvalue weighted by Gasteiger charge is 2.27. The summed E-state index contributed by atoms with van der Waals surface area (Å²) in [5, 5.41) is 2.76. The minimum absolute atomic E-state index is 0.442. The van der Waals surface area contributed by atoms with E-state index in [1.54, 1.807) is 0 Å². The Hall–Kier alpha value is -3.12. The molecule has 0 saturated heterocycles. The Bertz CT molecular complexity index is 1160. The number of rotatable bonds is 1. The number of benzene rings is 3. The fourth-order valence-corrected chi connectivity index (χ4v) is 4.48. The van der Waals surface area contributed by atoms with Crippen molar-refractivity contribution in [3.63, 3.8) is 0 Å². The quantitative estimate of drug-likeness (QED) is 0.576. The molecule has 0 spiro atoms. The zero-order valence-electron chi connectivity index (χ0n) is 15.3. The monoisotopic (exact) mass is 346 g/mol. The molecule has 0 saturated carbocycles. The Kier molecular flexibility index (Phi) is 4.10. The molecule has 0 aliphatic heterocycles. The second-order valence-corrected chi connectivity index (χ2v) is 7.30. The van der Waals surface area contributed by atoms with Crippen molar-refractivity contribution in [2.24, 2.45) is 0 Å². The van der Waals surface area contributed by atoms with Crippen LogP contribution in [0.15, 0.2) is 103 Å². The number of hydrogen-bond acceptors (Lipinski definition) is 0. The van der Waals surface area contributed by atoms with Gasteiger partial charge < -0.3 is 0 Å². The topological polar surface area (TPSA) is 0 Å². The second kappa shape index (κ2) is 6.89. The van der Waals surface area contributed by atoms with E-state index >= 15 is 0 Å². The Morgan fingerprint density at radius 3 is 2.22 bits per heavy atom. The van der Waals surface area contributed by atoms with Crippen molar-refractivity contribution >= 4 is 11.1 Å². The average molecular weight is 346 g/mol. The van der Waals surface area contributed by atoms with Gasteiger partial charge in [-0.2, -0.15) is 0 Å². The van der Waals surface area contributed by atoms with Crippen LogP contribution in [0.3, 0.4) is 0 Å². The molecule has 0 aromatic heterocycles. The van der Waals surface area contributed by atoms with Crippen LogP contribution in [-0.4, -0.2) is 0 Å². The fraction of sp³-hybridized carbons (Fsp3) is 0.111. The van der Waals surface area contributed by atoms with E-state index in [4.69, 9.17) is 0 Å². The normalized spacial score (nSPS) is 22.0. The zero-order chi connectivity index (χ0) is 18.1. The predicted octanol–water partition coefficient (Wildman–Crippen LogP) is 5.09. The predicted molar refractivity (Wildman–Crippen MR) is 114 cm³/mol. The summed E-state index contributed by atoms with van der Waals surface area (Å²) < 4.78 is 0. The Balaban J connectivity index is 1.79. The summed E-state index contributed by atoms with van der Waals surface area (Å²) in [7, 11) is 0. The molecule has 27 heavy (non-hydrogen) atoms. The minimum Gasteiger partial charge on any atom is -0.0801 e. The Labute approximate surface area is 160 Å². The maximum Gasteiger partial charge on any atom is 0.0136 e. The van der Waals surface area contributed by atoms with Gasteiger partial charge in [-0.15, -0.1) is 0 Å². The van der Waals surface area contributed by atoms with Gasteiger partial charge in [0.05, 0.1) is 0 Å². The van der Waals surface area contributed by atoms with Crippen LogP contribution in [0.5, 0.6) is 0 Å². The minimum atomic E-state index is 0.442. The Morgan fingerprint density at radius 1 is 0.667 bits per heavy atom. The van der Waals surface area contributed by atoms with E-state index in [1.807, 2.05) is 0 Å². The summed E-state index contributed by atoms with van der Waals surface area (Å²) in [5.74, 6) is 0.442. The standard InChI is InChI=1S/C27H22/c1-3-11-20(12-4-1)22-15-7-8-16-23(22)27-19-26(21-13-5-2-6-14-21)24-17-9-10-18-25(24)27/h1-11,13-18,26H,12,19H2. The summed E-state index contributed by atoms with van der Waals surface area (Å²) in [4.78, 5) is 0. The molecule has 0 nitrogen and oxygen atoms in total. The van der Waals surface area contributed by atoms with Crippen molar-refractivity contribution in [3.05, 3.63) is 130 Å². The molecule has 0 amide bonds. The van der Waals surface area contributed by atoms with Crippen LogP contribution in [0.1, 0.15) is 35.4 Å². The van der Waals surface area contributed by atoms with Crippen LogP contribution >= 0.6 is 0 Å². The third kappa shape index (κ3) is 2.88. The van der Waals surface area contributed by atoms with Gasteiger partial charge in [0.15, 0.2) is 0 Å². The lowest BCUT2D eigenvalue weighted by Gasteiger charge is -2.11. The summed E-state index contributed by atoms with van der Waals surface area (Å²) in [6.07, 6.45) is 10.9. The van der Waals surface area contributed by atoms with Crippen LogP contribution in [-0.2, 0) is 0 Å². The first-order valence-electron chi connectivity index (χ1n) is 9.71. The van der Waals surface area contributed by atoms with Gasteiger partial charge >= 0.3 is 0 Å². The molecular weight excluding hydrogens is 324 g/mol. The molecule has 1 unspecified atom stereocenters. The van der Waals surface area contributed by atoms with Crippen molar-refractivity contribution in [2.75, 3.05) is 0 Å². The van der Waals surface area contributed by atoms with Gasteiger partial charge in [-0.05, 0) is 51.1 Å². The van der Waals surface area contributed by atoms with Crippen LogP contribution in [0, 0.1) is 0 Å². The van der Waals surface area contributed by atoms with Gasteiger partial charge in [-0.1, -0.05) is 103 Å². The van der Waals surface area contributed by atoms with Crippen molar-refractivity contribution in [1.82, 2.24) is 0 Å². The molecule has 3 aromatic carbocycles. The molecule has 0 fully saturated rings. The maximum absolute atomic E-state index is 2.30. The van der Waals surface area contributed by atoms with E-state index in [2.05, 4.69) is 103 Å². The van der Waals surface area contributed by atoms with Crippen LogP contribution in [0.2, 0.25) is 0 Å².